The lowest BCUT2D eigenvalue weighted by molar-refractivity contribution is -0.121. The fraction of sp³-hybridized carbons (Fsp3) is 0.350. The van der Waals surface area contributed by atoms with Crippen molar-refractivity contribution in [1.29, 1.82) is 0 Å². The largest absolute Gasteiger partial charge is 0.486 e. The Kier molecular flexibility index (Phi) is 5.47. The van der Waals surface area contributed by atoms with E-state index in [2.05, 4.69) is 26.2 Å². The highest BCUT2D eigenvalue weighted by atomic mass is 79.9. The van der Waals surface area contributed by atoms with Crippen molar-refractivity contribution in [1.82, 2.24) is 9.88 Å². The van der Waals surface area contributed by atoms with Gasteiger partial charge in [-0.3, -0.25) is 9.59 Å². The molecule has 0 bridgehead atoms. The number of nitrogens with one attached hydrogen (secondary N) is 1. The number of benzene rings is 1. The normalized spacial score (nSPS) is 16.5. The Balaban J connectivity index is 1.34. The number of anilines is 1. The van der Waals surface area contributed by atoms with E-state index in [0.29, 0.717) is 62.0 Å². The minimum atomic E-state index is -0.130. The molecule has 0 spiro atoms. The molecule has 7 nitrogen and oxygen atoms in total. The average Bonchev–Trinajstić information content (AvgIpc) is 2.74. The standard InChI is InChI=1S/C20H20BrN3O4/c21-15-2-4-18(22-12-15)23-19(25)13-5-7-24(8-6-13)20(26)14-1-3-16-17(11-14)28-10-9-27-16/h1-4,11-13H,5-10H2,(H,22,23,25). The quantitative estimate of drug-likeness (QED) is 0.784. The van der Waals surface area contributed by atoms with Crippen LogP contribution in [-0.4, -0.2) is 48.0 Å². The molecule has 4 rings (SSSR count). The fourth-order valence-electron chi connectivity index (χ4n) is 3.38. The van der Waals surface area contributed by atoms with Gasteiger partial charge in [0.05, 0.1) is 0 Å². The molecule has 0 unspecified atom stereocenters. The van der Waals surface area contributed by atoms with Crippen LogP contribution < -0.4 is 14.8 Å². The zero-order valence-corrected chi connectivity index (χ0v) is 16.8. The molecule has 0 atom stereocenters. The van der Waals surface area contributed by atoms with E-state index in [-0.39, 0.29) is 17.7 Å². The monoisotopic (exact) mass is 445 g/mol. The number of amides is 2. The summed E-state index contributed by atoms with van der Waals surface area (Å²) in [5.41, 5.74) is 0.575. The highest BCUT2D eigenvalue weighted by molar-refractivity contribution is 9.10. The van der Waals surface area contributed by atoms with Gasteiger partial charge in [0.25, 0.3) is 5.91 Å². The van der Waals surface area contributed by atoms with Gasteiger partial charge in [-0.15, -0.1) is 0 Å². The van der Waals surface area contributed by atoms with Gasteiger partial charge in [-0.25, -0.2) is 4.98 Å². The highest BCUT2D eigenvalue weighted by Crippen LogP contribution is 2.31. The van der Waals surface area contributed by atoms with Crippen LogP contribution in [0.4, 0.5) is 5.82 Å². The number of carbonyl (C=O) groups is 2. The lowest BCUT2D eigenvalue weighted by Crippen LogP contribution is -2.41. The molecule has 1 aromatic heterocycles. The third kappa shape index (κ3) is 4.11. The first-order valence-corrected chi connectivity index (χ1v) is 10.0. The zero-order chi connectivity index (χ0) is 19.5. The predicted molar refractivity (Wildman–Crippen MR) is 107 cm³/mol. The molecule has 2 aromatic rings. The van der Waals surface area contributed by atoms with E-state index in [4.69, 9.17) is 9.47 Å². The summed E-state index contributed by atoms with van der Waals surface area (Å²) in [5, 5.41) is 2.84. The number of halogens is 1. The second-order valence-corrected chi connectivity index (χ2v) is 7.69. The lowest BCUT2D eigenvalue weighted by atomic mass is 9.95. The summed E-state index contributed by atoms with van der Waals surface area (Å²) < 4.78 is 11.9. The molecule has 28 heavy (non-hydrogen) atoms. The summed E-state index contributed by atoms with van der Waals surface area (Å²) in [4.78, 5) is 31.2. The van der Waals surface area contributed by atoms with Crippen molar-refractivity contribution in [3.63, 3.8) is 0 Å². The Bertz CT molecular complexity index is 880. The number of hydrogen-bond acceptors (Lipinski definition) is 5. The van der Waals surface area contributed by atoms with Crippen molar-refractivity contribution in [3.8, 4) is 11.5 Å². The molecule has 1 N–H and O–H groups in total. The molecule has 1 fully saturated rings. The first-order valence-electron chi connectivity index (χ1n) is 9.21. The minimum Gasteiger partial charge on any atom is -0.486 e. The Morgan fingerprint density at radius 2 is 1.82 bits per heavy atom. The molecule has 0 aliphatic carbocycles. The Hall–Kier alpha value is -2.61. The molecule has 8 heteroatoms. The van der Waals surface area contributed by atoms with E-state index in [1.54, 1.807) is 35.4 Å². The van der Waals surface area contributed by atoms with Crippen LogP contribution >= 0.6 is 15.9 Å². The van der Waals surface area contributed by atoms with Crippen LogP contribution in [0.15, 0.2) is 41.0 Å². The fourth-order valence-corrected chi connectivity index (χ4v) is 3.62. The van der Waals surface area contributed by atoms with Gasteiger partial charge in [0, 0.05) is 35.2 Å². The summed E-state index contributed by atoms with van der Waals surface area (Å²) in [7, 11) is 0. The van der Waals surface area contributed by atoms with E-state index in [1.807, 2.05) is 6.07 Å². The number of piperidine rings is 1. The molecule has 1 aromatic carbocycles. The van der Waals surface area contributed by atoms with Crippen LogP contribution in [0.5, 0.6) is 11.5 Å². The Morgan fingerprint density at radius 1 is 1.07 bits per heavy atom. The third-order valence-electron chi connectivity index (χ3n) is 4.92. The van der Waals surface area contributed by atoms with Crippen LogP contribution in [0.1, 0.15) is 23.2 Å². The second-order valence-electron chi connectivity index (χ2n) is 6.78. The van der Waals surface area contributed by atoms with Crippen LogP contribution in [0, 0.1) is 5.92 Å². The van der Waals surface area contributed by atoms with Crippen LogP contribution in [0.3, 0.4) is 0 Å². The van der Waals surface area contributed by atoms with Gasteiger partial charge >= 0.3 is 0 Å². The summed E-state index contributed by atoms with van der Waals surface area (Å²) in [6.07, 6.45) is 2.89. The summed E-state index contributed by atoms with van der Waals surface area (Å²) in [6.45, 7) is 2.09. The van der Waals surface area contributed by atoms with Crippen molar-refractivity contribution in [3.05, 3.63) is 46.6 Å². The van der Waals surface area contributed by atoms with Crippen molar-refractivity contribution < 1.29 is 19.1 Å². The van der Waals surface area contributed by atoms with Crippen LogP contribution in [0.25, 0.3) is 0 Å². The van der Waals surface area contributed by atoms with E-state index in [1.165, 1.54) is 0 Å². The maximum atomic E-state index is 12.8. The highest BCUT2D eigenvalue weighted by Gasteiger charge is 2.28. The first kappa shape index (κ1) is 18.7. The van der Waals surface area contributed by atoms with Gasteiger partial charge in [0.1, 0.15) is 19.0 Å². The second kappa shape index (κ2) is 8.18. The van der Waals surface area contributed by atoms with Gasteiger partial charge in [-0.1, -0.05) is 0 Å². The summed E-state index contributed by atoms with van der Waals surface area (Å²) in [5.74, 6) is 1.57. The first-order chi connectivity index (χ1) is 13.6. The molecule has 0 saturated carbocycles. The number of likely N-dealkylation sites (tertiary alicyclic amines) is 1. The summed E-state index contributed by atoms with van der Waals surface area (Å²) in [6, 6.07) is 8.84. The molecule has 146 valence electrons. The number of pyridine rings is 1. The molecule has 0 radical (unpaired) electrons. The van der Waals surface area contributed by atoms with Crippen molar-refractivity contribution in [2.45, 2.75) is 12.8 Å². The Labute approximate surface area is 171 Å². The number of ether oxygens (including phenoxy) is 2. The summed E-state index contributed by atoms with van der Waals surface area (Å²) >= 11 is 3.32. The minimum absolute atomic E-state index is 0.0505. The van der Waals surface area contributed by atoms with Gasteiger partial charge in [0.15, 0.2) is 11.5 Å². The van der Waals surface area contributed by atoms with Gasteiger partial charge in [0.2, 0.25) is 5.91 Å². The molecular formula is C20H20BrN3O4. The van der Waals surface area contributed by atoms with Gasteiger partial charge in [-0.05, 0) is 59.1 Å². The van der Waals surface area contributed by atoms with Crippen LogP contribution in [-0.2, 0) is 4.79 Å². The maximum absolute atomic E-state index is 12.8. The van der Waals surface area contributed by atoms with Crippen molar-refractivity contribution in [2.24, 2.45) is 5.92 Å². The van der Waals surface area contributed by atoms with E-state index >= 15 is 0 Å². The number of carbonyl (C=O) groups excluding carboxylic acids is 2. The zero-order valence-electron chi connectivity index (χ0n) is 15.2. The third-order valence-corrected chi connectivity index (χ3v) is 5.39. The van der Waals surface area contributed by atoms with E-state index in [0.717, 1.165) is 4.47 Å². The maximum Gasteiger partial charge on any atom is 0.253 e. The topological polar surface area (TPSA) is 80.8 Å². The number of fused-ring (bicyclic) bond motifs is 1. The van der Waals surface area contributed by atoms with E-state index < -0.39 is 0 Å². The predicted octanol–water partition coefficient (Wildman–Crippen LogP) is 3.11. The Morgan fingerprint density at radius 3 is 2.54 bits per heavy atom. The number of rotatable bonds is 3. The van der Waals surface area contributed by atoms with Gasteiger partial charge in [-0.2, -0.15) is 0 Å². The van der Waals surface area contributed by atoms with E-state index in [9.17, 15) is 9.59 Å². The molecule has 3 heterocycles. The molecular weight excluding hydrogens is 426 g/mol. The molecule has 2 aliphatic rings. The number of aromatic nitrogens is 1. The van der Waals surface area contributed by atoms with Gasteiger partial charge < -0.3 is 19.7 Å². The SMILES string of the molecule is O=C(Nc1ccc(Br)cn1)C1CCN(C(=O)c2ccc3c(c2)OCCO3)CC1. The van der Waals surface area contributed by atoms with Crippen LogP contribution in [0.2, 0.25) is 0 Å². The van der Waals surface area contributed by atoms with Crippen molar-refractivity contribution >= 4 is 33.6 Å². The number of hydrogen-bond donors (Lipinski definition) is 1. The number of nitrogens with zero attached hydrogens (tertiary/aromatic N) is 2. The van der Waals surface area contributed by atoms with Crippen molar-refractivity contribution in [2.75, 3.05) is 31.6 Å². The molecule has 1 saturated heterocycles. The average molecular weight is 446 g/mol. The molecule has 2 aliphatic heterocycles. The lowest BCUT2D eigenvalue weighted by Gasteiger charge is -2.31. The smallest absolute Gasteiger partial charge is 0.253 e. The molecule has 2 amide bonds.